The van der Waals surface area contributed by atoms with Crippen LogP contribution in [0, 0.1) is 10.1 Å². The van der Waals surface area contributed by atoms with Crippen LogP contribution in [0.5, 0.6) is 5.75 Å². The lowest BCUT2D eigenvalue weighted by Gasteiger charge is -2.08. The zero-order chi connectivity index (χ0) is 17.8. The van der Waals surface area contributed by atoms with Crippen LogP contribution in [-0.2, 0) is 12.8 Å². The number of benzene rings is 2. The maximum atomic E-state index is 11.1. The van der Waals surface area contributed by atoms with Gasteiger partial charge < -0.3 is 9.30 Å². The molecule has 0 aliphatic rings. The van der Waals surface area contributed by atoms with Crippen LogP contribution in [0.2, 0.25) is 0 Å². The number of ether oxygens (including phenoxy) is 1. The van der Waals surface area contributed by atoms with E-state index in [0.29, 0.717) is 28.0 Å². The molecule has 0 radical (unpaired) electrons. The molecule has 1 heterocycles. The van der Waals surface area contributed by atoms with Crippen molar-refractivity contribution in [3.8, 4) is 17.1 Å². The molecule has 0 unspecified atom stereocenters. The van der Waals surface area contributed by atoms with E-state index in [1.54, 1.807) is 25.3 Å². The van der Waals surface area contributed by atoms with Crippen molar-refractivity contribution in [2.75, 3.05) is 7.11 Å². The van der Waals surface area contributed by atoms with Gasteiger partial charge in [0.2, 0.25) is 0 Å². The minimum Gasteiger partial charge on any atom is -0.496 e. The van der Waals surface area contributed by atoms with Crippen molar-refractivity contribution in [1.29, 1.82) is 0 Å². The fourth-order valence-corrected chi connectivity index (χ4v) is 3.37. The Hall–Kier alpha value is -2.87. The summed E-state index contributed by atoms with van der Waals surface area (Å²) in [5.41, 5.74) is 1.61. The number of para-hydroxylation sites is 2. The monoisotopic (exact) mass is 356 g/mol. The van der Waals surface area contributed by atoms with E-state index in [9.17, 15) is 10.1 Å². The van der Waals surface area contributed by atoms with Crippen LogP contribution < -0.4 is 4.74 Å². The van der Waals surface area contributed by atoms with Crippen LogP contribution in [0.4, 0.5) is 5.69 Å². The third-order valence-electron chi connectivity index (χ3n) is 3.73. The van der Waals surface area contributed by atoms with Crippen LogP contribution in [0.3, 0.4) is 0 Å². The third-order valence-corrected chi connectivity index (χ3v) is 4.80. The molecule has 0 atom stereocenters. The van der Waals surface area contributed by atoms with Gasteiger partial charge in [-0.15, -0.1) is 10.2 Å². The molecule has 0 saturated carbocycles. The quantitative estimate of drug-likeness (QED) is 0.380. The van der Waals surface area contributed by atoms with Gasteiger partial charge >= 0.3 is 0 Å². The summed E-state index contributed by atoms with van der Waals surface area (Å²) in [7, 11) is 3.48. The van der Waals surface area contributed by atoms with Gasteiger partial charge in [-0.05, 0) is 12.1 Å². The molecule has 128 valence electrons. The average molecular weight is 356 g/mol. The van der Waals surface area contributed by atoms with Gasteiger partial charge in [0.05, 0.1) is 17.6 Å². The summed E-state index contributed by atoms with van der Waals surface area (Å²) in [4.78, 5) is 10.7. The SMILES string of the molecule is COc1ccccc1-c1nnc(SCc2ccccc2[N+](=O)[O-])n1C. The molecular formula is C17H16N4O3S. The Morgan fingerprint density at radius 1 is 1.16 bits per heavy atom. The van der Waals surface area contributed by atoms with E-state index >= 15 is 0 Å². The highest BCUT2D eigenvalue weighted by Crippen LogP contribution is 2.32. The van der Waals surface area contributed by atoms with Crippen molar-refractivity contribution >= 4 is 17.4 Å². The number of hydrogen-bond acceptors (Lipinski definition) is 6. The van der Waals surface area contributed by atoms with Gasteiger partial charge in [0, 0.05) is 24.4 Å². The molecule has 0 bridgehead atoms. The Bertz CT molecular complexity index is 910. The fraction of sp³-hybridized carbons (Fsp3) is 0.176. The van der Waals surface area contributed by atoms with Crippen LogP contribution >= 0.6 is 11.8 Å². The second kappa shape index (κ2) is 7.35. The predicted octanol–water partition coefficient (Wildman–Crippen LogP) is 3.69. The zero-order valence-electron chi connectivity index (χ0n) is 13.7. The first-order chi connectivity index (χ1) is 12.1. The highest BCUT2D eigenvalue weighted by molar-refractivity contribution is 7.98. The molecule has 0 N–H and O–H groups in total. The van der Waals surface area contributed by atoms with Crippen molar-refractivity contribution in [3.05, 3.63) is 64.2 Å². The summed E-state index contributed by atoms with van der Waals surface area (Å²) in [6.07, 6.45) is 0. The van der Waals surface area contributed by atoms with Crippen molar-refractivity contribution in [3.63, 3.8) is 0 Å². The third kappa shape index (κ3) is 3.48. The van der Waals surface area contributed by atoms with Crippen LogP contribution in [-0.4, -0.2) is 26.8 Å². The molecule has 1 aromatic heterocycles. The predicted molar refractivity (Wildman–Crippen MR) is 95.6 cm³/mol. The van der Waals surface area contributed by atoms with Crippen molar-refractivity contribution in [1.82, 2.24) is 14.8 Å². The lowest BCUT2D eigenvalue weighted by Crippen LogP contribution is -1.98. The highest BCUT2D eigenvalue weighted by Gasteiger charge is 2.17. The second-order valence-corrected chi connectivity index (χ2v) is 6.18. The molecule has 8 heteroatoms. The standard InChI is InChI=1S/C17H16N4O3S/c1-20-16(13-8-4-6-10-15(13)24-2)18-19-17(20)25-11-12-7-3-5-9-14(12)21(22)23/h3-10H,11H2,1-2H3. The lowest BCUT2D eigenvalue weighted by molar-refractivity contribution is -0.385. The van der Waals surface area contributed by atoms with Crippen molar-refractivity contribution in [2.24, 2.45) is 7.05 Å². The number of methoxy groups -OCH3 is 1. The van der Waals surface area contributed by atoms with Gasteiger partial charge in [-0.1, -0.05) is 42.1 Å². The number of hydrogen-bond donors (Lipinski definition) is 0. The van der Waals surface area contributed by atoms with Gasteiger partial charge in [-0.25, -0.2) is 0 Å². The van der Waals surface area contributed by atoms with E-state index in [1.165, 1.54) is 17.8 Å². The molecule has 25 heavy (non-hydrogen) atoms. The Labute approximate surface area is 148 Å². The summed E-state index contributed by atoms with van der Waals surface area (Å²) in [5, 5.41) is 20.2. The summed E-state index contributed by atoms with van der Waals surface area (Å²) >= 11 is 1.40. The van der Waals surface area contributed by atoms with E-state index in [4.69, 9.17) is 4.74 Å². The zero-order valence-corrected chi connectivity index (χ0v) is 14.6. The molecule has 0 aliphatic carbocycles. The summed E-state index contributed by atoms with van der Waals surface area (Å²) in [5.74, 6) is 1.84. The summed E-state index contributed by atoms with van der Waals surface area (Å²) < 4.78 is 7.23. The minimum absolute atomic E-state index is 0.113. The largest absolute Gasteiger partial charge is 0.496 e. The Morgan fingerprint density at radius 2 is 1.88 bits per heavy atom. The van der Waals surface area contributed by atoms with Crippen LogP contribution in [0.1, 0.15) is 5.56 Å². The van der Waals surface area contributed by atoms with Crippen LogP contribution in [0.15, 0.2) is 53.7 Å². The minimum atomic E-state index is -0.368. The smallest absolute Gasteiger partial charge is 0.273 e. The van der Waals surface area contributed by atoms with Gasteiger partial charge in [0.25, 0.3) is 5.69 Å². The topological polar surface area (TPSA) is 83.1 Å². The molecule has 0 saturated heterocycles. The molecule has 0 amide bonds. The number of nitro groups is 1. The Morgan fingerprint density at radius 3 is 2.64 bits per heavy atom. The molecule has 3 rings (SSSR count). The maximum absolute atomic E-state index is 11.1. The molecular weight excluding hydrogens is 340 g/mol. The molecule has 7 nitrogen and oxygen atoms in total. The lowest BCUT2D eigenvalue weighted by atomic mass is 10.2. The van der Waals surface area contributed by atoms with Crippen molar-refractivity contribution < 1.29 is 9.66 Å². The molecule has 0 aliphatic heterocycles. The summed E-state index contributed by atoms with van der Waals surface area (Å²) in [6.45, 7) is 0. The first-order valence-electron chi connectivity index (χ1n) is 7.49. The van der Waals surface area contributed by atoms with E-state index < -0.39 is 0 Å². The van der Waals surface area contributed by atoms with Crippen LogP contribution in [0.25, 0.3) is 11.4 Å². The van der Waals surface area contributed by atoms with E-state index in [0.717, 1.165) is 5.56 Å². The van der Waals surface area contributed by atoms with E-state index in [-0.39, 0.29) is 10.6 Å². The number of thioether (sulfide) groups is 1. The van der Waals surface area contributed by atoms with Gasteiger partial charge in [0.15, 0.2) is 11.0 Å². The van der Waals surface area contributed by atoms with Gasteiger partial charge in [0.1, 0.15) is 5.75 Å². The normalized spacial score (nSPS) is 10.6. The Balaban J connectivity index is 1.84. The number of nitrogens with zero attached hydrogens (tertiary/aromatic N) is 4. The molecule has 0 fully saturated rings. The molecule has 2 aromatic carbocycles. The number of aromatic nitrogens is 3. The van der Waals surface area contributed by atoms with Gasteiger partial charge in [-0.2, -0.15) is 0 Å². The number of rotatable bonds is 6. The Kier molecular flexibility index (Phi) is 4.99. The van der Waals surface area contributed by atoms with E-state index in [1.807, 2.05) is 35.9 Å². The first kappa shape index (κ1) is 17.0. The average Bonchev–Trinajstić information content (AvgIpc) is 3.00. The fourth-order valence-electron chi connectivity index (χ4n) is 2.46. The number of nitro benzene ring substituents is 1. The second-order valence-electron chi connectivity index (χ2n) is 5.24. The van der Waals surface area contributed by atoms with Crippen molar-refractivity contribution in [2.45, 2.75) is 10.9 Å². The van der Waals surface area contributed by atoms with E-state index in [2.05, 4.69) is 10.2 Å². The molecule has 0 spiro atoms. The highest BCUT2D eigenvalue weighted by atomic mass is 32.2. The maximum Gasteiger partial charge on any atom is 0.273 e. The molecule has 3 aromatic rings. The van der Waals surface area contributed by atoms with Gasteiger partial charge in [-0.3, -0.25) is 10.1 Å². The first-order valence-corrected chi connectivity index (χ1v) is 8.48. The summed E-state index contributed by atoms with van der Waals surface area (Å²) in [6, 6.07) is 14.3.